The second-order valence-corrected chi connectivity index (χ2v) is 9.81. The van der Waals surface area contributed by atoms with E-state index in [-0.39, 0.29) is 49.3 Å². The molecule has 1 aromatic carbocycles. The average molecular weight is 448 g/mol. The van der Waals surface area contributed by atoms with Gasteiger partial charge in [0, 0.05) is 25.2 Å². The van der Waals surface area contributed by atoms with Crippen LogP contribution in [0, 0.1) is 5.92 Å². The fourth-order valence-corrected chi connectivity index (χ4v) is 4.37. The van der Waals surface area contributed by atoms with E-state index < -0.39 is 11.5 Å². The van der Waals surface area contributed by atoms with Crippen molar-refractivity contribution in [2.75, 3.05) is 33.3 Å². The molecule has 8 heteroatoms. The van der Waals surface area contributed by atoms with E-state index in [1.807, 2.05) is 26.8 Å². The van der Waals surface area contributed by atoms with Crippen LogP contribution in [0.4, 0.5) is 4.79 Å². The summed E-state index contributed by atoms with van der Waals surface area (Å²) in [7, 11) is 1.56. The Balaban J connectivity index is 2.50. The third-order valence-electron chi connectivity index (χ3n) is 5.82. The Bertz CT molecular complexity index is 862. The fraction of sp³-hybridized carbons (Fsp3) is 0.625. The van der Waals surface area contributed by atoms with Gasteiger partial charge in [0.25, 0.3) is 5.91 Å². The van der Waals surface area contributed by atoms with Gasteiger partial charge >= 0.3 is 12.0 Å². The summed E-state index contributed by atoms with van der Waals surface area (Å²) < 4.78 is 5.54. The zero-order valence-corrected chi connectivity index (χ0v) is 20.3. The van der Waals surface area contributed by atoms with Crippen LogP contribution in [0.2, 0.25) is 0 Å². The van der Waals surface area contributed by atoms with Gasteiger partial charge in [-0.2, -0.15) is 0 Å². The normalized spacial score (nSPS) is 19.1. The molecule has 0 saturated carbocycles. The Morgan fingerprint density at radius 2 is 1.88 bits per heavy atom. The van der Waals surface area contributed by atoms with Crippen LogP contribution in [-0.4, -0.2) is 71.6 Å². The molecular formula is C24H37N3O5. The first-order valence-electron chi connectivity index (χ1n) is 11.1. The lowest BCUT2D eigenvalue weighted by Crippen LogP contribution is -2.69. The van der Waals surface area contributed by atoms with Crippen molar-refractivity contribution in [3.8, 4) is 5.75 Å². The molecule has 1 heterocycles. The Kier molecular flexibility index (Phi) is 7.80. The number of rotatable bonds is 6. The second-order valence-electron chi connectivity index (χ2n) is 9.81. The smallest absolute Gasteiger partial charge is 0.331 e. The van der Waals surface area contributed by atoms with Gasteiger partial charge in [-0.1, -0.05) is 40.7 Å². The molecule has 178 valence electrons. The van der Waals surface area contributed by atoms with Crippen molar-refractivity contribution in [2.24, 2.45) is 5.92 Å². The predicted molar refractivity (Wildman–Crippen MR) is 123 cm³/mol. The Labute approximate surface area is 190 Å². The average Bonchev–Trinajstić information content (AvgIpc) is 2.71. The molecule has 1 aliphatic heterocycles. The van der Waals surface area contributed by atoms with Gasteiger partial charge in [0.2, 0.25) is 0 Å². The first-order valence-corrected chi connectivity index (χ1v) is 11.1. The minimum Gasteiger partial charge on any atom is -0.496 e. The van der Waals surface area contributed by atoms with Crippen molar-refractivity contribution in [1.29, 1.82) is 0 Å². The van der Waals surface area contributed by atoms with Crippen LogP contribution in [0.3, 0.4) is 0 Å². The Morgan fingerprint density at radius 1 is 1.22 bits per heavy atom. The number of ether oxygens (including phenoxy) is 1. The van der Waals surface area contributed by atoms with Crippen LogP contribution in [0.15, 0.2) is 18.2 Å². The van der Waals surface area contributed by atoms with Crippen molar-refractivity contribution >= 4 is 17.9 Å². The molecule has 32 heavy (non-hydrogen) atoms. The van der Waals surface area contributed by atoms with Crippen LogP contribution in [-0.2, 0) is 10.2 Å². The first-order chi connectivity index (χ1) is 14.9. The van der Waals surface area contributed by atoms with E-state index in [1.165, 1.54) is 9.80 Å². The van der Waals surface area contributed by atoms with Gasteiger partial charge in [-0.15, -0.1) is 0 Å². The molecule has 1 aliphatic rings. The monoisotopic (exact) mass is 447 g/mol. The molecule has 0 radical (unpaired) electrons. The maximum absolute atomic E-state index is 13.6. The van der Waals surface area contributed by atoms with Crippen molar-refractivity contribution in [3.05, 3.63) is 29.3 Å². The number of benzene rings is 1. The second kappa shape index (κ2) is 9.79. The molecule has 1 unspecified atom stereocenters. The van der Waals surface area contributed by atoms with E-state index in [9.17, 15) is 19.5 Å². The summed E-state index contributed by atoms with van der Waals surface area (Å²) >= 11 is 0. The number of amides is 3. The largest absolute Gasteiger partial charge is 0.496 e. The van der Waals surface area contributed by atoms with Crippen LogP contribution in [0.1, 0.15) is 63.9 Å². The molecule has 0 aliphatic carbocycles. The Morgan fingerprint density at radius 3 is 2.38 bits per heavy atom. The fourth-order valence-electron chi connectivity index (χ4n) is 4.37. The molecule has 0 spiro atoms. The molecule has 2 N–H and O–H groups in total. The zero-order chi connectivity index (χ0) is 24.3. The summed E-state index contributed by atoms with van der Waals surface area (Å²) in [6.07, 6.45) is 0.237. The summed E-state index contributed by atoms with van der Waals surface area (Å²) in [4.78, 5) is 41.6. The highest BCUT2D eigenvalue weighted by atomic mass is 16.5. The maximum Gasteiger partial charge on any atom is 0.331 e. The third kappa shape index (κ3) is 5.16. The molecule has 2 rings (SSSR count). The van der Waals surface area contributed by atoms with Crippen LogP contribution < -0.4 is 10.1 Å². The van der Waals surface area contributed by atoms with Crippen LogP contribution in [0.25, 0.3) is 0 Å². The number of nitrogens with one attached hydrogen (secondary N) is 1. The van der Waals surface area contributed by atoms with E-state index >= 15 is 0 Å². The summed E-state index contributed by atoms with van der Waals surface area (Å²) in [6, 6.07) is 4.96. The molecule has 1 fully saturated rings. The van der Waals surface area contributed by atoms with E-state index in [0.29, 0.717) is 17.9 Å². The Hall–Kier alpha value is -2.77. The summed E-state index contributed by atoms with van der Waals surface area (Å²) in [5.74, 6) is -0.878. The van der Waals surface area contributed by atoms with Gasteiger partial charge in [0.05, 0.1) is 13.7 Å². The quantitative estimate of drug-likeness (QED) is 0.697. The number of aliphatic carboxylic acids is 1. The number of piperazine rings is 1. The SMILES string of the molecule is CCNC(=O)N1CCN(C(=O)c2ccc(C(C)(C)C)c(OC)c2)C(CC(C)C)(C(=O)O)C1. The third-order valence-corrected chi connectivity index (χ3v) is 5.82. The maximum atomic E-state index is 13.6. The van der Waals surface area contributed by atoms with Gasteiger partial charge in [0.15, 0.2) is 5.54 Å². The number of carbonyl (C=O) groups excluding carboxylic acids is 2. The van der Waals surface area contributed by atoms with E-state index in [4.69, 9.17) is 4.74 Å². The van der Waals surface area contributed by atoms with Gasteiger partial charge in [-0.25, -0.2) is 9.59 Å². The lowest BCUT2D eigenvalue weighted by Gasteiger charge is -2.48. The van der Waals surface area contributed by atoms with Crippen molar-refractivity contribution in [2.45, 2.75) is 58.9 Å². The van der Waals surface area contributed by atoms with Crippen molar-refractivity contribution in [1.82, 2.24) is 15.1 Å². The highest BCUT2D eigenvalue weighted by Crippen LogP contribution is 2.35. The van der Waals surface area contributed by atoms with Gasteiger partial charge in [-0.3, -0.25) is 4.79 Å². The van der Waals surface area contributed by atoms with Gasteiger partial charge < -0.3 is 25.0 Å². The summed E-state index contributed by atoms with van der Waals surface area (Å²) in [5, 5.41) is 13.0. The van der Waals surface area contributed by atoms with Crippen LogP contribution >= 0.6 is 0 Å². The predicted octanol–water partition coefficient (Wildman–Crippen LogP) is 3.35. The highest BCUT2D eigenvalue weighted by Gasteiger charge is 2.51. The summed E-state index contributed by atoms with van der Waals surface area (Å²) in [5.41, 5.74) is -0.349. The van der Waals surface area contributed by atoms with Gasteiger partial charge in [0.1, 0.15) is 5.75 Å². The van der Waals surface area contributed by atoms with Crippen LogP contribution in [0.5, 0.6) is 5.75 Å². The lowest BCUT2D eigenvalue weighted by atomic mass is 9.83. The molecule has 0 bridgehead atoms. The van der Waals surface area contributed by atoms with Gasteiger partial charge in [-0.05, 0) is 42.4 Å². The molecule has 1 atom stereocenters. The molecule has 1 saturated heterocycles. The first kappa shape index (κ1) is 25.5. The molecule has 0 aromatic heterocycles. The molecular weight excluding hydrogens is 410 g/mol. The number of carbonyl (C=O) groups is 3. The highest BCUT2D eigenvalue weighted by molar-refractivity contribution is 5.99. The van der Waals surface area contributed by atoms with Crippen molar-refractivity contribution < 1.29 is 24.2 Å². The lowest BCUT2D eigenvalue weighted by molar-refractivity contribution is -0.154. The van der Waals surface area contributed by atoms with E-state index in [0.717, 1.165) is 5.56 Å². The molecule has 1 aromatic rings. The minimum atomic E-state index is -1.51. The van der Waals surface area contributed by atoms with Crippen molar-refractivity contribution in [3.63, 3.8) is 0 Å². The number of carboxylic acids is 1. The number of urea groups is 1. The topological polar surface area (TPSA) is 99.2 Å². The number of hydrogen-bond donors (Lipinski definition) is 2. The van der Waals surface area contributed by atoms with E-state index in [1.54, 1.807) is 19.2 Å². The minimum absolute atomic E-state index is 0.00777. The molecule has 8 nitrogen and oxygen atoms in total. The summed E-state index contributed by atoms with van der Waals surface area (Å²) in [6.45, 7) is 12.6. The van der Waals surface area contributed by atoms with E-state index in [2.05, 4.69) is 26.1 Å². The molecule has 3 amide bonds. The number of methoxy groups -OCH3 is 1. The number of carboxylic acid groups (broad SMARTS) is 1. The number of hydrogen-bond acceptors (Lipinski definition) is 4. The number of nitrogens with zero attached hydrogens (tertiary/aromatic N) is 2. The zero-order valence-electron chi connectivity index (χ0n) is 20.3. The standard InChI is InChI=1S/C24H37N3O5/c1-8-25-22(31)26-11-12-27(24(15-26,21(29)30)14-16(2)3)20(28)17-9-10-18(23(4,5)6)19(13-17)32-7/h9-10,13,16H,8,11-12,14-15H2,1-7H3,(H,25,31)(H,29,30).